The van der Waals surface area contributed by atoms with E-state index in [2.05, 4.69) is 256 Å². The molecule has 89 heavy (non-hydrogen) atoms. The number of para-hydroxylation sites is 1. The molecule has 0 N–H and O–H groups in total. The van der Waals surface area contributed by atoms with Crippen molar-refractivity contribution in [2.75, 3.05) is 14.7 Å². The molecule has 4 aliphatic heterocycles. The van der Waals surface area contributed by atoms with Gasteiger partial charge >= 0.3 is 0 Å². The Balaban J connectivity index is 0.977. The van der Waals surface area contributed by atoms with Gasteiger partial charge in [-0.1, -0.05) is 181 Å². The van der Waals surface area contributed by atoms with Gasteiger partial charge in [-0.15, -0.1) is 11.8 Å². The van der Waals surface area contributed by atoms with E-state index >= 15 is 0 Å². The SMILES string of the molecule is CC(C)c1cc(C(C)C)c(-c2ccc3c(c2)C2(C)CCCCC2(C)N3c2cc3c4c(c2)N(c2ccccc2)c2oc(C56CC7CC5CC7C6)cc2B4c2c(ccc4c2SC2(C)CCCCC42C)N3c2ccc(C(C)(C)C)cc2-c2ccccc2)c(C(C)C)c1. The van der Waals surface area contributed by atoms with Crippen molar-refractivity contribution < 1.29 is 4.42 Å². The fraction of sp³-hybridized carbons (Fsp3) is 0.446. The molecule has 454 valence electrons. The zero-order valence-corrected chi connectivity index (χ0v) is 56.3. The standard InChI is InChI=1S/C83H92BN3OS/c1-49(2)54-40-61(50(3)4)73(62(41-54)51(5)6)53-28-31-68-65(42-53)79(10)34-20-22-36-81(79,12)87(68)60-44-70-74-71(45-60)86(67-32-29-57(78(7,8)9)43-63(67)52-24-16-14-17-25-52)69-33-30-64-76(89-82(13)37-23-21-35-80(64,82)11)75(69)84(74)66-46-72(83-47-55-38-58(83)39-56(55)48-83)88-77(66)85(70)59-26-18-15-19-27-59/h14-19,24-33,40-46,49-51,55-56,58H,20-23,34-39,47-48H2,1-13H3. The largest absolute Gasteiger partial charge is 0.445 e. The maximum atomic E-state index is 7.99. The Bertz CT molecular complexity index is 4200. The van der Waals surface area contributed by atoms with Gasteiger partial charge < -0.3 is 14.2 Å². The van der Waals surface area contributed by atoms with Gasteiger partial charge in [-0.3, -0.25) is 4.90 Å². The Labute approximate surface area is 536 Å². The molecule has 6 saturated carbocycles. The zero-order chi connectivity index (χ0) is 61.2. The quantitative estimate of drug-likeness (QED) is 0.134. The molecule has 10 aliphatic rings. The van der Waals surface area contributed by atoms with Crippen molar-refractivity contribution in [2.45, 2.75) is 222 Å². The summed E-state index contributed by atoms with van der Waals surface area (Å²) in [7, 11) is 0. The highest BCUT2D eigenvalue weighted by molar-refractivity contribution is 8.01. The number of furan rings is 1. The summed E-state index contributed by atoms with van der Waals surface area (Å²) in [5, 5.41) is 0. The molecule has 7 aromatic carbocycles. The number of rotatable bonds is 9. The molecule has 5 heterocycles. The molecule has 6 unspecified atom stereocenters. The topological polar surface area (TPSA) is 22.9 Å². The molecule has 6 heteroatoms. The summed E-state index contributed by atoms with van der Waals surface area (Å²) in [5.41, 5.74) is 27.1. The number of nitrogens with zero attached hydrogens (tertiary/aromatic N) is 3. The van der Waals surface area contributed by atoms with Crippen LogP contribution in [0.4, 0.5) is 45.7 Å². The molecule has 0 radical (unpaired) electrons. The molecule has 18 rings (SSSR count). The van der Waals surface area contributed by atoms with Crippen LogP contribution < -0.4 is 31.1 Å². The predicted octanol–water partition coefficient (Wildman–Crippen LogP) is 21.5. The van der Waals surface area contributed by atoms with Crippen LogP contribution in [0, 0.1) is 17.8 Å². The average molecular weight is 1190 g/mol. The maximum Gasteiger partial charge on any atom is 0.258 e. The first kappa shape index (κ1) is 56.6. The summed E-state index contributed by atoms with van der Waals surface area (Å²) in [5.74, 6) is 5.93. The number of hydrogen-bond acceptors (Lipinski definition) is 5. The Morgan fingerprint density at radius 2 is 1.18 bits per heavy atom. The molecule has 6 aliphatic carbocycles. The van der Waals surface area contributed by atoms with E-state index in [9.17, 15) is 0 Å². The molecule has 4 bridgehead atoms. The number of fused-ring (bicyclic) bond motifs is 11. The second-order valence-corrected chi connectivity index (χ2v) is 34.0. The van der Waals surface area contributed by atoms with E-state index in [0.29, 0.717) is 23.7 Å². The van der Waals surface area contributed by atoms with Crippen LogP contribution in [-0.4, -0.2) is 17.0 Å². The first-order chi connectivity index (χ1) is 42.6. The fourth-order valence-electron chi connectivity index (χ4n) is 20.7. The molecule has 8 aromatic rings. The van der Waals surface area contributed by atoms with E-state index in [1.165, 1.54) is 175 Å². The van der Waals surface area contributed by atoms with E-state index in [1.54, 1.807) is 5.56 Å². The van der Waals surface area contributed by atoms with Gasteiger partial charge in [-0.25, -0.2) is 0 Å². The lowest BCUT2D eigenvalue weighted by atomic mass is 9.33. The van der Waals surface area contributed by atoms with Gasteiger partial charge in [-0.2, -0.15) is 0 Å². The molecular formula is C83H92BN3OS. The molecule has 4 nitrogen and oxygen atoms in total. The van der Waals surface area contributed by atoms with Crippen molar-refractivity contribution in [1.29, 1.82) is 0 Å². The number of anilines is 8. The molecule has 0 saturated heterocycles. The van der Waals surface area contributed by atoms with Crippen LogP contribution >= 0.6 is 11.8 Å². The molecule has 6 fully saturated rings. The van der Waals surface area contributed by atoms with Crippen LogP contribution in [0.25, 0.3) is 22.3 Å². The van der Waals surface area contributed by atoms with E-state index in [-0.39, 0.29) is 38.7 Å². The lowest BCUT2D eigenvalue weighted by Crippen LogP contribution is -2.61. The maximum absolute atomic E-state index is 7.99. The van der Waals surface area contributed by atoms with Gasteiger partial charge in [0.25, 0.3) is 6.71 Å². The summed E-state index contributed by atoms with van der Waals surface area (Å²) in [6.45, 7) is 32.0. The van der Waals surface area contributed by atoms with Crippen LogP contribution in [0.5, 0.6) is 0 Å². The van der Waals surface area contributed by atoms with Crippen molar-refractivity contribution in [3.63, 3.8) is 0 Å². The van der Waals surface area contributed by atoms with Gasteiger partial charge in [0.2, 0.25) is 0 Å². The summed E-state index contributed by atoms with van der Waals surface area (Å²) < 4.78 is 8.09. The van der Waals surface area contributed by atoms with Crippen molar-refractivity contribution in [2.24, 2.45) is 17.8 Å². The highest BCUT2D eigenvalue weighted by Gasteiger charge is 2.66. The fourth-order valence-corrected chi connectivity index (χ4v) is 22.5. The summed E-state index contributed by atoms with van der Waals surface area (Å²) in [4.78, 5) is 9.83. The van der Waals surface area contributed by atoms with E-state index < -0.39 is 0 Å². The van der Waals surface area contributed by atoms with E-state index in [1.807, 2.05) is 0 Å². The van der Waals surface area contributed by atoms with Gasteiger partial charge in [0.15, 0.2) is 5.88 Å². The number of thioether (sulfide) groups is 1. The van der Waals surface area contributed by atoms with Gasteiger partial charge in [-0.05, 0) is 233 Å². The number of hydrogen-bond donors (Lipinski definition) is 0. The van der Waals surface area contributed by atoms with Crippen molar-refractivity contribution >= 4 is 80.6 Å². The van der Waals surface area contributed by atoms with Crippen LogP contribution in [-0.2, 0) is 21.7 Å². The second-order valence-electron chi connectivity index (χ2n) is 32.5. The predicted molar refractivity (Wildman–Crippen MR) is 378 cm³/mol. The minimum atomic E-state index is -0.216. The smallest absolute Gasteiger partial charge is 0.258 e. The number of benzene rings is 7. The first-order valence-corrected chi connectivity index (χ1v) is 35.6. The van der Waals surface area contributed by atoms with Crippen molar-refractivity contribution in [1.82, 2.24) is 0 Å². The molecule has 0 spiro atoms. The summed E-state index contributed by atoms with van der Waals surface area (Å²) in [6, 6.07) is 56.4. The average Bonchev–Trinajstić information content (AvgIpc) is 1.60. The Morgan fingerprint density at radius 3 is 1.83 bits per heavy atom. The van der Waals surface area contributed by atoms with Crippen LogP contribution in [0.2, 0.25) is 0 Å². The lowest BCUT2D eigenvalue weighted by molar-refractivity contribution is 0.195. The van der Waals surface area contributed by atoms with Gasteiger partial charge in [0.05, 0.1) is 11.2 Å². The zero-order valence-electron chi connectivity index (χ0n) is 55.5. The van der Waals surface area contributed by atoms with Crippen LogP contribution in [0.3, 0.4) is 0 Å². The van der Waals surface area contributed by atoms with Crippen LogP contribution in [0.15, 0.2) is 149 Å². The van der Waals surface area contributed by atoms with Crippen molar-refractivity contribution in [3.05, 3.63) is 179 Å². The van der Waals surface area contributed by atoms with Crippen LogP contribution in [0.1, 0.15) is 224 Å². The molecule has 0 amide bonds. The molecule has 6 atom stereocenters. The third kappa shape index (κ3) is 7.68. The van der Waals surface area contributed by atoms with Gasteiger partial charge in [0, 0.05) is 65.6 Å². The first-order valence-electron chi connectivity index (χ1n) is 34.8. The Morgan fingerprint density at radius 1 is 0.551 bits per heavy atom. The summed E-state index contributed by atoms with van der Waals surface area (Å²) in [6.07, 6.45) is 15.0. The third-order valence-corrected chi connectivity index (χ3v) is 27.6. The minimum absolute atomic E-state index is 0.0436. The molecule has 1 aromatic heterocycles. The highest BCUT2D eigenvalue weighted by atomic mass is 32.2. The Kier molecular flexibility index (Phi) is 12.3. The molecular weight excluding hydrogens is 1100 g/mol. The van der Waals surface area contributed by atoms with E-state index in [0.717, 1.165) is 36.2 Å². The third-order valence-electron chi connectivity index (χ3n) is 25.9. The lowest BCUT2D eigenvalue weighted by Gasteiger charge is -2.51. The minimum Gasteiger partial charge on any atom is -0.445 e. The van der Waals surface area contributed by atoms with Crippen molar-refractivity contribution in [3.8, 4) is 22.3 Å². The summed E-state index contributed by atoms with van der Waals surface area (Å²) >= 11 is 2.24. The normalized spacial score (nSPS) is 28.2. The Hall–Kier alpha value is -6.37. The monoisotopic (exact) mass is 1190 g/mol. The van der Waals surface area contributed by atoms with E-state index in [4.69, 9.17) is 4.42 Å². The highest BCUT2D eigenvalue weighted by Crippen LogP contribution is 2.71. The second kappa shape index (κ2) is 19.3. The van der Waals surface area contributed by atoms with Gasteiger partial charge in [0.1, 0.15) is 5.76 Å².